The first-order valence-corrected chi connectivity index (χ1v) is 12.3. The van der Waals surface area contributed by atoms with Crippen LogP contribution in [0, 0.1) is 10.5 Å². The summed E-state index contributed by atoms with van der Waals surface area (Å²) in [7, 11) is -4.39. The molecule has 0 saturated carbocycles. The average Bonchev–Trinajstić information content (AvgIpc) is 3.05. The van der Waals surface area contributed by atoms with Gasteiger partial charge in [0.2, 0.25) is 0 Å². The van der Waals surface area contributed by atoms with Gasteiger partial charge in [-0.1, -0.05) is 17.7 Å². The second kappa shape index (κ2) is 10.4. The molecule has 1 aromatic heterocycles. The molecule has 12 nitrogen and oxygen atoms in total. The van der Waals surface area contributed by atoms with Gasteiger partial charge in [-0.2, -0.15) is 8.42 Å². The minimum atomic E-state index is -4.39. The Hall–Kier alpha value is -2.56. The lowest BCUT2D eigenvalue weighted by atomic mass is 10.1. The number of benzene rings is 1. The molecule has 3 rings (SSSR count). The third-order valence-corrected chi connectivity index (χ3v) is 6.88. The quantitative estimate of drug-likeness (QED) is 0.268. The number of carbonyl (C=O) groups is 2. The Kier molecular flexibility index (Phi) is 7.95. The van der Waals surface area contributed by atoms with Gasteiger partial charge in [0.1, 0.15) is 18.8 Å². The van der Waals surface area contributed by atoms with Gasteiger partial charge < -0.3 is 14.2 Å². The molecule has 0 radical (unpaired) electrons. The molecular weight excluding hydrogens is 587 g/mol. The molecule has 1 aliphatic heterocycles. The van der Waals surface area contributed by atoms with E-state index >= 15 is 0 Å². The summed E-state index contributed by atoms with van der Waals surface area (Å²) in [6.07, 6.45) is -4.40. The van der Waals surface area contributed by atoms with Gasteiger partial charge in [0.25, 0.3) is 15.7 Å². The number of ether oxygens (including phenoxy) is 3. The van der Waals surface area contributed by atoms with Crippen LogP contribution in [-0.2, 0) is 38.1 Å². The number of nitrogens with zero attached hydrogens (tertiary/aromatic N) is 1. The number of hydrogen-bond acceptors (Lipinski definition) is 10. The first-order valence-electron chi connectivity index (χ1n) is 9.86. The predicted molar refractivity (Wildman–Crippen MR) is 123 cm³/mol. The van der Waals surface area contributed by atoms with Crippen LogP contribution in [0.3, 0.4) is 0 Å². The molecule has 1 N–H and O–H groups in total. The number of aryl methyl sites for hydroxylation is 1. The third kappa shape index (κ3) is 5.92. The molecule has 0 spiro atoms. The van der Waals surface area contributed by atoms with E-state index in [1.807, 2.05) is 0 Å². The van der Waals surface area contributed by atoms with Crippen molar-refractivity contribution in [2.75, 3.05) is 6.61 Å². The maximum absolute atomic E-state index is 13.0. The number of H-pyrrole nitrogens is 1. The second-order valence-electron chi connectivity index (χ2n) is 7.41. The fourth-order valence-electron chi connectivity index (χ4n) is 3.26. The van der Waals surface area contributed by atoms with Crippen LogP contribution < -0.4 is 11.2 Å². The minimum absolute atomic E-state index is 0.121. The maximum Gasteiger partial charge on any atom is 0.330 e. The Morgan fingerprint density at radius 3 is 2.35 bits per heavy atom. The number of nitrogens with one attached hydrogen (secondary N) is 1. The average molecular weight is 608 g/mol. The highest BCUT2D eigenvalue weighted by molar-refractivity contribution is 14.1. The summed E-state index contributed by atoms with van der Waals surface area (Å²) >= 11 is 1.69. The van der Waals surface area contributed by atoms with Crippen molar-refractivity contribution in [3.8, 4) is 0 Å². The van der Waals surface area contributed by atoms with E-state index < -0.39 is 64.5 Å². The minimum Gasteiger partial charge on any atom is -0.463 e. The molecule has 4 atom stereocenters. The smallest absolute Gasteiger partial charge is 0.330 e. The Bertz CT molecular complexity index is 1300. The number of aromatic nitrogens is 2. The van der Waals surface area contributed by atoms with Gasteiger partial charge >= 0.3 is 17.6 Å². The molecule has 1 saturated heterocycles. The van der Waals surface area contributed by atoms with E-state index in [4.69, 9.17) is 18.4 Å². The van der Waals surface area contributed by atoms with Crippen molar-refractivity contribution in [1.82, 2.24) is 9.55 Å². The number of aromatic amines is 1. The topological polar surface area (TPSA) is 160 Å². The van der Waals surface area contributed by atoms with Crippen LogP contribution in [-0.4, -0.2) is 54.8 Å². The van der Waals surface area contributed by atoms with Crippen molar-refractivity contribution in [3.63, 3.8) is 0 Å². The summed E-state index contributed by atoms with van der Waals surface area (Å²) in [5.74, 6) is -1.48. The molecule has 14 heteroatoms. The van der Waals surface area contributed by atoms with Crippen LogP contribution in [0.25, 0.3) is 0 Å². The highest BCUT2D eigenvalue weighted by Crippen LogP contribution is 2.35. The van der Waals surface area contributed by atoms with E-state index in [2.05, 4.69) is 4.98 Å². The Balaban J connectivity index is 2.06. The summed E-state index contributed by atoms with van der Waals surface area (Å²) in [5, 5.41) is 0. The van der Waals surface area contributed by atoms with Crippen molar-refractivity contribution in [2.24, 2.45) is 0 Å². The molecule has 0 bridgehead atoms. The summed E-state index contributed by atoms with van der Waals surface area (Å²) in [4.78, 5) is 49.4. The molecule has 1 fully saturated rings. The van der Waals surface area contributed by atoms with E-state index in [1.54, 1.807) is 41.6 Å². The van der Waals surface area contributed by atoms with Crippen molar-refractivity contribution in [3.05, 3.63) is 60.4 Å². The zero-order valence-corrected chi connectivity index (χ0v) is 21.2. The van der Waals surface area contributed by atoms with E-state index in [1.165, 1.54) is 18.3 Å². The summed E-state index contributed by atoms with van der Waals surface area (Å²) in [6, 6.07) is 5.83. The first-order chi connectivity index (χ1) is 15.9. The maximum atomic E-state index is 13.0. The van der Waals surface area contributed by atoms with Crippen LogP contribution in [0.15, 0.2) is 44.9 Å². The Morgan fingerprint density at radius 2 is 1.76 bits per heavy atom. The number of carbonyl (C=O) groups excluding carboxylic acids is 2. The van der Waals surface area contributed by atoms with Crippen molar-refractivity contribution in [2.45, 2.75) is 50.2 Å². The standard InChI is InChI=1S/C20H21IN2O10S/c1-10-4-6-13(7-5-10)34(28,29)33-16-15(9-30-11(2)24)32-19(17(16)31-12(3)25)23-8-14(21)18(26)22-20(23)27/h4-8,15-17,19H,9H2,1-3H3,(H,22,26,27)/t15-,16+,17-,19-/m1/s1. The van der Waals surface area contributed by atoms with Crippen molar-refractivity contribution in [1.29, 1.82) is 0 Å². The van der Waals surface area contributed by atoms with Crippen molar-refractivity contribution < 1.29 is 36.4 Å². The van der Waals surface area contributed by atoms with Crippen LogP contribution in [0.4, 0.5) is 0 Å². The molecule has 1 aromatic carbocycles. The molecule has 0 unspecified atom stereocenters. The van der Waals surface area contributed by atoms with Gasteiger partial charge in [0, 0.05) is 20.0 Å². The molecule has 0 amide bonds. The van der Waals surface area contributed by atoms with E-state index in [9.17, 15) is 27.6 Å². The lowest BCUT2D eigenvalue weighted by Gasteiger charge is -2.24. The largest absolute Gasteiger partial charge is 0.463 e. The van der Waals surface area contributed by atoms with Gasteiger partial charge in [0.05, 0.1) is 8.47 Å². The fourth-order valence-corrected chi connectivity index (χ4v) is 4.80. The highest BCUT2D eigenvalue weighted by atomic mass is 127. The third-order valence-electron chi connectivity index (χ3n) is 4.78. The molecule has 2 aromatic rings. The van der Waals surface area contributed by atoms with E-state index in [-0.39, 0.29) is 8.47 Å². The lowest BCUT2D eigenvalue weighted by Crippen LogP contribution is -2.43. The zero-order chi connectivity index (χ0) is 25.2. The number of halogens is 1. The second-order valence-corrected chi connectivity index (χ2v) is 10.1. The summed E-state index contributed by atoms with van der Waals surface area (Å²) in [6.45, 7) is 3.56. The lowest BCUT2D eigenvalue weighted by molar-refractivity contribution is -0.155. The molecule has 1 aliphatic rings. The predicted octanol–water partition coefficient (Wildman–Crippen LogP) is 0.616. The number of hydrogen-bond donors (Lipinski definition) is 1. The van der Waals surface area contributed by atoms with Crippen LogP contribution in [0.2, 0.25) is 0 Å². The molecule has 2 heterocycles. The first kappa shape index (κ1) is 26.1. The zero-order valence-electron chi connectivity index (χ0n) is 18.2. The van der Waals surface area contributed by atoms with Gasteiger partial charge in [0.15, 0.2) is 12.3 Å². The SMILES string of the molecule is CC(=O)OC[C@H]1O[C@@H](n2cc(I)c(=O)[nH]c2=O)[C@H](OC(C)=O)[C@H]1OS(=O)(=O)c1ccc(C)cc1. The van der Waals surface area contributed by atoms with Crippen LogP contribution in [0.5, 0.6) is 0 Å². The van der Waals surface area contributed by atoms with Crippen LogP contribution >= 0.6 is 22.6 Å². The highest BCUT2D eigenvalue weighted by Gasteiger charge is 2.51. The van der Waals surface area contributed by atoms with Gasteiger partial charge in [-0.15, -0.1) is 0 Å². The number of rotatable bonds is 7. The number of esters is 2. The molecular formula is C20H21IN2O10S. The summed E-state index contributed by atoms with van der Waals surface area (Å²) in [5.41, 5.74) is -0.711. The normalized spacial score (nSPS) is 22.4. The molecule has 0 aliphatic carbocycles. The van der Waals surface area contributed by atoms with Crippen LogP contribution in [0.1, 0.15) is 25.6 Å². The van der Waals surface area contributed by atoms with Crippen molar-refractivity contribution >= 4 is 44.6 Å². The molecule has 184 valence electrons. The van der Waals surface area contributed by atoms with E-state index in [0.29, 0.717) is 0 Å². The van der Waals surface area contributed by atoms with Gasteiger partial charge in [-0.05, 0) is 41.6 Å². The summed E-state index contributed by atoms with van der Waals surface area (Å²) < 4.78 is 48.5. The Labute approximate surface area is 207 Å². The van der Waals surface area contributed by atoms with Gasteiger partial charge in [-0.3, -0.25) is 28.1 Å². The van der Waals surface area contributed by atoms with E-state index in [0.717, 1.165) is 24.0 Å². The van der Waals surface area contributed by atoms with Gasteiger partial charge in [-0.25, -0.2) is 4.79 Å². The Morgan fingerprint density at radius 1 is 1.12 bits per heavy atom. The molecule has 34 heavy (non-hydrogen) atoms. The fraction of sp³-hybridized carbons (Fsp3) is 0.400. The monoisotopic (exact) mass is 608 g/mol.